The molecule has 0 aliphatic carbocycles. The van der Waals surface area contributed by atoms with Gasteiger partial charge in [-0.3, -0.25) is 9.59 Å². The van der Waals surface area contributed by atoms with Gasteiger partial charge in [-0.2, -0.15) is 0 Å². The van der Waals surface area contributed by atoms with E-state index in [-0.39, 0.29) is 18.5 Å². The van der Waals surface area contributed by atoms with Gasteiger partial charge in [0.15, 0.2) is 6.29 Å². The summed E-state index contributed by atoms with van der Waals surface area (Å²) in [4.78, 5) is 25.1. The molecule has 0 aromatic rings. The van der Waals surface area contributed by atoms with Gasteiger partial charge in [0.05, 0.1) is 32.0 Å². The van der Waals surface area contributed by atoms with Gasteiger partial charge in [0.2, 0.25) is 5.91 Å². The molecule has 7 unspecified atom stereocenters. The smallest absolute Gasteiger partial charge is 0.305 e. The van der Waals surface area contributed by atoms with Crippen LogP contribution < -0.4 is 5.32 Å². The average Bonchev–Trinajstić information content (AvgIpc) is 3.63. The monoisotopic (exact) mass is 1260 g/mol. The Kier molecular flexibility index (Phi) is 64.2. The fourth-order valence-electron chi connectivity index (χ4n) is 12.4. The summed E-state index contributed by atoms with van der Waals surface area (Å²) in [7, 11) is 0. The number of carbonyl (C=O) groups excluding carboxylic acids is 2. The first-order chi connectivity index (χ1) is 43.7. The van der Waals surface area contributed by atoms with Crippen molar-refractivity contribution >= 4 is 11.9 Å². The lowest BCUT2D eigenvalue weighted by molar-refractivity contribution is -0.302. The molecule has 0 bridgehead atoms. The minimum absolute atomic E-state index is 0.0168. The molecule has 1 aliphatic heterocycles. The van der Waals surface area contributed by atoms with Crippen LogP contribution >= 0.6 is 0 Å². The van der Waals surface area contributed by atoms with E-state index >= 15 is 0 Å². The van der Waals surface area contributed by atoms with Crippen molar-refractivity contribution in [2.24, 2.45) is 0 Å². The Morgan fingerprint density at radius 2 is 0.730 bits per heavy atom. The molecule has 1 heterocycles. The third-order valence-electron chi connectivity index (χ3n) is 18.5. The minimum Gasteiger partial charge on any atom is -0.466 e. The van der Waals surface area contributed by atoms with Crippen molar-refractivity contribution in [3.05, 3.63) is 36.5 Å². The molecule has 6 N–H and O–H groups in total. The van der Waals surface area contributed by atoms with Gasteiger partial charge in [-0.05, 0) is 57.8 Å². The highest BCUT2D eigenvalue weighted by atomic mass is 16.7. The van der Waals surface area contributed by atoms with Crippen LogP contribution in [0.2, 0.25) is 0 Å². The van der Waals surface area contributed by atoms with Crippen molar-refractivity contribution in [1.29, 1.82) is 0 Å². The Morgan fingerprint density at radius 1 is 0.404 bits per heavy atom. The first-order valence-electron chi connectivity index (χ1n) is 38.8. The molecular formula is C78H147NO10. The second-order valence-corrected chi connectivity index (χ2v) is 27.1. The normalized spacial score (nSPS) is 17.9. The van der Waals surface area contributed by atoms with E-state index in [0.29, 0.717) is 19.4 Å². The van der Waals surface area contributed by atoms with Crippen LogP contribution in [0.1, 0.15) is 386 Å². The Hall–Kier alpha value is -2.12. The molecule has 1 aliphatic rings. The van der Waals surface area contributed by atoms with Crippen LogP contribution in [-0.2, 0) is 23.8 Å². The van der Waals surface area contributed by atoms with E-state index in [1.807, 2.05) is 6.08 Å². The van der Waals surface area contributed by atoms with Crippen molar-refractivity contribution in [2.75, 3.05) is 19.8 Å². The number of aliphatic hydroxyl groups excluding tert-OH is 5. The van der Waals surface area contributed by atoms with Crippen LogP contribution in [-0.4, -0.2) is 100 Å². The van der Waals surface area contributed by atoms with Gasteiger partial charge in [-0.15, -0.1) is 0 Å². The van der Waals surface area contributed by atoms with Gasteiger partial charge >= 0.3 is 5.97 Å². The van der Waals surface area contributed by atoms with E-state index in [9.17, 15) is 35.1 Å². The zero-order chi connectivity index (χ0) is 64.4. The van der Waals surface area contributed by atoms with Crippen molar-refractivity contribution < 1.29 is 49.3 Å². The number of amides is 1. The standard InChI is InChI=1S/C78H147NO10/c1-3-5-7-9-11-13-15-17-41-44-48-52-56-60-64-71(81)70(69-88-78-77(86)76(85)75(84)72(68-80)89-78)79-73(82)65-61-57-53-49-45-42-39-37-35-33-31-29-27-25-23-21-19-18-20-22-24-26-28-30-32-34-36-38-40-43-47-51-55-59-63-67-87-74(83)66-62-58-54-50-46-16-14-12-10-8-6-4-2/h13,15,44,48,60,64,70-72,75-78,80-81,84-86H,3-12,14,16-43,45-47,49-59,61-63,65-69H2,1-2H3,(H,79,82)/b15-13+,48-44+,64-60+. The van der Waals surface area contributed by atoms with Crippen LogP contribution in [0.4, 0.5) is 0 Å². The summed E-state index contributed by atoms with van der Waals surface area (Å²) in [6.07, 6.45) is 77.4. The van der Waals surface area contributed by atoms with Crippen molar-refractivity contribution in [3.63, 3.8) is 0 Å². The molecule has 89 heavy (non-hydrogen) atoms. The number of unbranched alkanes of at least 4 members (excludes halogenated alkanes) is 51. The topological polar surface area (TPSA) is 175 Å². The number of rotatable bonds is 69. The molecular weight excluding hydrogens is 1110 g/mol. The number of carbonyl (C=O) groups is 2. The number of allylic oxidation sites excluding steroid dienone is 5. The second-order valence-electron chi connectivity index (χ2n) is 27.1. The van der Waals surface area contributed by atoms with E-state index in [1.54, 1.807) is 6.08 Å². The Labute approximate surface area is 549 Å². The van der Waals surface area contributed by atoms with Crippen LogP contribution in [0.25, 0.3) is 0 Å². The number of hydrogen-bond donors (Lipinski definition) is 6. The summed E-state index contributed by atoms with van der Waals surface area (Å²) < 4.78 is 16.8. The fraction of sp³-hybridized carbons (Fsp3) is 0.897. The Bertz CT molecular complexity index is 1570. The van der Waals surface area contributed by atoms with Gasteiger partial charge in [0.1, 0.15) is 24.4 Å². The molecule has 11 heteroatoms. The first-order valence-corrected chi connectivity index (χ1v) is 38.8. The Balaban J connectivity index is 1.92. The van der Waals surface area contributed by atoms with Crippen molar-refractivity contribution in [2.45, 2.75) is 429 Å². The molecule has 1 saturated heterocycles. The SMILES string of the molecule is CCCCCC/C=C/CC/C=C/CC/C=C/C(O)C(COC1OC(CO)C(O)C(O)C1O)NC(=O)CCCCCCCCCCCCCCCCCCCCCCCCCCCCCCCCCCCCCOC(=O)CCCCCCCCCCCCCC. The largest absolute Gasteiger partial charge is 0.466 e. The molecule has 0 spiro atoms. The molecule has 0 aromatic heterocycles. The van der Waals surface area contributed by atoms with Gasteiger partial charge in [0, 0.05) is 12.8 Å². The maximum Gasteiger partial charge on any atom is 0.305 e. The molecule has 11 nitrogen and oxygen atoms in total. The molecule has 1 fully saturated rings. The molecule has 0 saturated carbocycles. The lowest BCUT2D eigenvalue weighted by Gasteiger charge is -2.40. The first kappa shape index (κ1) is 84.9. The van der Waals surface area contributed by atoms with Crippen LogP contribution in [0.15, 0.2) is 36.5 Å². The zero-order valence-corrected chi connectivity index (χ0v) is 58.4. The molecule has 524 valence electrons. The van der Waals surface area contributed by atoms with Crippen LogP contribution in [0, 0.1) is 0 Å². The summed E-state index contributed by atoms with van der Waals surface area (Å²) in [5.41, 5.74) is 0. The van der Waals surface area contributed by atoms with E-state index in [2.05, 4.69) is 43.5 Å². The lowest BCUT2D eigenvalue weighted by atomic mass is 9.99. The number of ether oxygens (including phenoxy) is 3. The molecule has 1 amide bonds. The lowest BCUT2D eigenvalue weighted by Crippen LogP contribution is -2.60. The summed E-state index contributed by atoms with van der Waals surface area (Å²) in [6.45, 7) is 4.35. The third kappa shape index (κ3) is 56.0. The minimum atomic E-state index is -1.58. The number of aliphatic hydroxyl groups is 5. The molecule has 0 radical (unpaired) electrons. The summed E-state index contributed by atoms with van der Waals surface area (Å²) in [5.74, 6) is -0.173. The van der Waals surface area contributed by atoms with E-state index in [4.69, 9.17) is 14.2 Å². The van der Waals surface area contributed by atoms with Gasteiger partial charge in [0.25, 0.3) is 0 Å². The summed E-state index contributed by atoms with van der Waals surface area (Å²) in [6, 6.07) is -0.831. The molecule has 1 rings (SSSR count). The van der Waals surface area contributed by atoms with E-state index < -0.39 is 49.5 Å². The summed E-state index contributed by atoms with van der Waals surface area (Å²) in [5, 5.41) is 54.5. The maximum absolute atomic E-state index is 13.1. The predicted octanol–water partition coefficient (Wildman–Crippen LogP) is 20.5. The number of hydrogen-bond acceptors (Lipinski definition) is 10. The van der Waals surface area contributed by atoms with Crippen molar-refractivity contribution in [1.82, 2.24) is 5.32 Å². The number of nitrogens with one attached hydrogen (secondary N) is 1. The van der Waals surface area contributed by atoms with E-state index in [1.165, 1.54) is 295 Å². The maximum atomic E-state index is 13.1. The Morgan fingerprint density at radius 3 is 1.11 bits per heavy atom. The number of esters is 1. The van der Waals surface area contributed by atoms with Crippen molar-refractivity contribution in [3.8, 4) is 0 Å². The molecule has 0 aromatic carbocycles. The van der Waals surface area contributed by atoms with E-state index in [0.717, 1.165) is 64.2 Å². The molecule has 7 atom stereocenters. The van der Waals surface area contributed by atoms with Crippen LogP contribution in [0.3, 0.4) is 0 Å². The highest BCUT2D eigenvalue weighted by Gasteiger charge is 2.44. The average molecular weight is 1260 g/mol. The zero-order valence-electron chi connectivity index (χ0n) is 58.4. The van der Waals surface area contributed by atoms with Gasteiger partial charge in [-0.25, -0.2) is 0 Å². The van der Waals surface area contributed by atoms with Gasteiger partial charge < -0.3 is 45.1 Å². The predicted molar refractivity (Wildman–Crippen MR) is 375 cm³/mol. The highest BCUT2D eigenvalue weighted by molar-refractivity contribution is 5.76. The third-order valence-corrected chi connectivity index (χ3v) is 18.5. The second kappa shape index (κ2) is 67.3. The fourth-order valence-corrected chi connectivity index (χ4v) is 12.4. The summed E-state index contributed by atoms with van der Waals surface area (Å²) >= 11 is 0. The quantitative estimate of drug-likeness (QED) is 0.0195. The highest BCUT2D eigenvalue weighted by Crippen LogP contribution is 2.24. The van der Waals surface area contributed by atoms with Crippen LogP contribution in [0.5, 0.6) is 0 Å². The van der Waals surface area contributed by atoms with Gasteiger partial charge in [-0.1, -0.05) is 352 Å².